The zero-order valence-corrected chi connectivity index (χ0v) is 11.9. The third-order valence-corrected chi connectivity index (χ3v) is 3.84. The molecule has 20 heavy (non-hydrogen) atoms. The van der Waals surface area contributed by atoms with E-state index >= 15 is 0 Å². The van der Waals surface area contributed by atoms with Crippen LogP contribution < -0.4 is 10.9 Å². The lowest BCUT2D eigenvalue weighted by molar-refractivity contribution is 0.181. The van der Waals surface area contributed by atoms with Gasteiger partial charge in [-0.25, -0.2) is 0 Å². The molecule has 0 radical (unpaired) electrons. The van der Waals surface area contributed by atoms with Gasteiger partial charge in [0.1, 0.15) is 5.65 Å². The van der Waals surface area contributed by atoms with Crippen LogP contribution in [0.1, 0.15) is 37.2 Å². The Labute approximate surface area is 117 Å². The Bertz CT molecular complexity index is 668. The number of rotatable bonds is 4. The molecule has 0 amide bonds. The van der Waals surface area contributed by atoms with Gasteiger partial charge in [0.15, 0.2) is 0 Å². The number of nitrogens with one attached hydrogen (secondary N) is 1. The molecule has 3 heterocycles. The highest BCUT2D eigenvalue weighted by Gasteiger charge is 2.21. The Kier molecular flexibility index (Phi) is 3.58. The average Bonchev–Trinajstić information content (AvgIpc) is 3.07. The van der Waals surface area contributed by atoms with Gasteiger partial charge in [0, 0.05) is 37.5 Å². The Morgan fingerprint density at radius 3 is 3.00 bits per heavy atom. The minimum atomic E-state index is -0.0734. The van der Waals surface area contributed by atoms with E-state index in [1.165, 1.54) is 4.52 Å². The predicted molar refractivity (Wildman–Crippen MR) is 75.8 cm³/mol. The SMILES string of the molecule is CCn1c(C2CCCN2)cc(=O)n2nc(COC)cc12. The molecular weight excluding hydrogens is 256 g/mol. The van der Waals surface area contributed by atoms with Gasteiger partial charge in [0.25, 0.3) is 5.56 Å². The molecule has 108 valence electrons. The normalized spacial score (nSPS) is 19.0. The van der Waals surface area contributed by atoms with E-state index in [4.69, 9.17) is 4.74 Å². The number of ether oxygens (including phenoxy) is 1. The Morgan fingerprint density at radius 2 is 2.35 bits per heavy atom. The highest BCUT2D eigenvalue weighted by molar-refractivity contribution is 5.42. The summed E-state index contributed by atoms with van der Waals surface area (Å²) in [6.45, 7) is 4.34. The fourth-order valence-electron chi connectivity index (χ4n) is 2.96. The minimum absolute atomic E-state index is 0.0734. The zero-order valence-electron chi connectivity index (χ0n) is 11.9. The summed E-state index contributed by atoms with van der Waals surface area (Å²) in [5.74, 6) is 0. The van der Waals surface area contributed by atoms with Crippen molar-refractivity contribution in [3.05, 3.63) is 33.9 Å². The van der Waals surface area contributed by atoms with E-state index in [-0.39, 0.29) is 11.6 Å². The van der Waals surface area contributed by atoms with Gasteiger partial charge in [-0.15, -0.1) is 0 Å². The van der Waals surface area contributed by atoms with E-state index < -0.39 is 0 Å². The maximum absolute atomic E-state index is 12.3. The number of hydrogen-bond donors (Lipinski definition) is 1. The van der Waals surface area contributed by atoms with Gasteiger partial charge < -0.3 is 14.6 Å². The second kappa shape index (κ2) is 5.38. The van der Waals surface area contributed by atoms with Crippen molar-refractivity contribution >= 4 is 5.65 Å². The molecule has 3 rings (SSSR count). The number of aryl methyl sites for hydroxylation is 1. The lowest BCUT2D eigenvalue weighted by Gasteiger charge is -2.18. The molecule has 1 atom stereocenters. The zero-order chi connectivity index (χ0) is 14.1. The quantitative estimate of drug-likeness (QED) is 0.908. The summed E-state index contributed by atoms with van der Waals surface area (Å²) in [6.07, 6.45) is 2.23. The maximum atomic E-state index is 12.3. The highest BCUT2D eigenvalue weighted by Crippen LogP contribution is 2.23. The molecule has 1 saturated heterocycles. The number of hydrogen-bond acceptors (Lipinski definition) is 4. The molecular formula is C14H20N4O2. The Hall–Kier alpha value is -1.66. The monoisotopic (exact) mass is 276 g/mol. The van der Waals surface area contributed by atoms with Gasteiger partial charge in [-0.1, -0.05) is 0 Å². The van der Waals surface area contributed by atoms with Crippen LogP contribution in [0.2, 0.25) is 0 Å². The van der Waals surface area contributed by atoms with Gasteiger partial charge in [0.2, 0.25) is 0 Å². The standard InChI is InChI=1S/C14H20N4O2/c1-3-17-12(11-5-4-6-15-11)8-14(19)18-13(17)7-10(16-18)9-20-2/h7-8,11,15H,3-6,9H2,1-2H3. The van der Waals surface area contributed by atoms with E-state index in [0.717, 1.165) is 43.0 Å². The molecule has 1 aliphatic rings. The summed E-state index contributed by atoms with van der Waals surface area (Å²) in [7, 11) is 1.63. The first-order valence-corrected chi connectivity index (χ1v) is 7.09. The topological polar surface area (TPSA) is 60.6 Å². The Morgan fingerprint density at radius 1 is 1.50 bits per heavy atom. The molecule has 0 saturated carbocycles. The molecule has 0 aliphatic carbocycles. The molecule has 0 aromatic carbocycles. The molecule has 6 heteroatoms. The van der Waals surface area contributed by atoms with Crippen LogP contribution in [0.3, 0.4) is 0 Å². The van der Waals surface area contributed by atoms with Gasteiger partial charge in [-0.2, -0.15) is 9.61 Å². The van der Waals surface area contributed by atoms with E-state index in [2.05, 4.69) is 21.9 Å². The van der Waals surface area contributed by atoms with Crippen molar-refractivity contribution in [3.63, 3.8) is 0 Å². The molecule has 1 unspecified atom stereocenters. The van der Waals surface area contributed by atoms with Crippen molar-refractivity contribution in [2.75, 3.05) is 13.7 Å². The van der Waals surface area contributed by atoms with Crippen molar-refractivity contribution in [1.82, 2.24) is 19.5 Å². The molecule has 2 aromatic heterocycles. The van der Waals surface area contributed by atoms with Crippen molar-refractivity contribution < 1.29 is 4.74 Å². The van der Waals surface area contributed by atoms with Crippen LogP contribution in [0.5, 0.6) is 0 Å². The predicted octanol–water partition coefficient (Wildman–Crippen LogP) is 1.09. The highest BCUT2D eigenvalue weighted by atomic mass is 16.5. The first kappa shape index (κ1) is 13.3. The van der Waals surface area contributed by atoms with Gasteiger partial charge in [-0.05, 0) is 26.3 Å². The number of aromatic nitrogens is 3. The molecule has 1 fully saturated rings. The first-order chi connectivity index (χ1) is 9.74. The smallest absolute Gasteiger partial charge is 0.274 e. The van der Waals surface area contributed by atoms with Crippen LogP contribution in [0, 0.1) is 0 Å². The molecule has 0 bridgehead atoms. The van der Waals surface area contributed by atoms with Crippen LogP contribution in [-0.4, -0.2) is 27.8 Å². The van der Waals surface area contributed by atoms with Gasteiger partial charge >= 0.3 is 0 Å². The fraction of sp³-hybridized carbons (Fsp3) is 0.571. The fourth-order valence-corrected chi connectivity index (χ4v) is 2.96. The van der Waals surface area contributed by atoms with Crippen molar-refractivity contribution in [3.8, 4) is 0 Å². The van der Waals surface area contributed by atoms with Crippen LogP contribution >= 0.6 is 0 Å². The summed E-state index contributed by atoms with van der Waals surface area (Å²) in [6, 6.07) is 3.92. The summed E-state index contributed by atoms with van der Waals surface area (Å²) in [5, 5.41) is 7.77. The van der Waals surface area contributed by atoms with Crippen LogP contribution in [0.4, 0.5) is 0 Å². The minimum Gasteiger partial charge on any atom is -0.378 e. The van der Waals surface area contributed by atoms with Crippen LogP contribution in [-0.2, 0) is 17.9 Å². The van der Waals surface area contributed by atoms with Crippen molar-refractivity contribution in [1.29, 1.82) is 0 Å². The molecule has 0 spiro atoms. The van der Waals surface area contributed by atoms with E-state index in [9.17, 15) is 4.79 Å². The third kappa shape index (κ3) is 2.14. The van der Waals surface area contributed by atoms with Gasteiger partial charge in [0.05, 0.1) is 12.3 Å². The van der Waals surface area contributed by atoms with Crippen molar-refractivity contribution in [2.45, 2.75) is 39.0 Å². The van der Waals surface area contributed by atoms with E-state index in [0.29, 0.717) is 6.61 Å². The van der Waals surface area contributed by atoms with Crippen molar-refractivity contribution in [2.24, 2.45) is 0 Å². The number of fused-ring (bicyclic) bond motifs is 1. The summed E-state index contributed by atoms with van der Waals surface area (Å²) < 4.78 is 8.73. The lowest BCUT2D eigenvalue weighted by Crippen LogP contribution is -2.25. The lowest BCUT2D eigenvalue weighted by atomic mass is 10.1. The number of methoxy groups -OCH3 is 1. The first-order valence-electron chi connectivity index (χ1n) is 7.09. The average molecular weight is 276 g/mol. The van der Waals surface area contributed by atoms with E-state index in [1.807, 2.05) is 6.07 Å². The van der Waals surface area contributed by atoms with E-state index in [1.54, 1.807) is 13.2 Å². The molecule has 2 aromatic rings. The summed E-state index contributed by atoms with van der Waals surface area (Å²) >= 11 is 0. The van der Waals surface area contributed by atoms with Gasteiger partial charge in [-0.3, -0.25) is 4.79 Å². The molecule has 6 nitrogen and oxygen atoms in total. The second-order valence-corrected chi connectivity index (χ2v) is 5.14. The molecule has 1 aliphatic heterocycles. The summed E-state index contributed by atoms with van der Waals surface area (Å²) in [4.78, 5) is 12.3. The van der Waals surface area contributed by atoms with Crippen LogP contribution in [0.25, 0.3) is 5.65 Å². The maximum Gasteiger partial charge on any atom is 0.274 e. The number of nitrogens with zero attached hydrogens (tertiary/aromatic N) is 3. The Balaban J connectivity index is 2.18. The molecule has 1 N–H and O–H groups in total. The largest absolute Gasteiger partial charge is 0.378 e. The third-order valence-electron chi connectivity index (χ3n) is 3.84. The van der Waals surface area contributed by atoms with Crippen LogP contribution in [0.15, 0.2) is 16.9 Å². The summed E-state index contributed by atoms with van der Waals surface area (Å²) in [5.41, 5.74) is 2.61. The second-order valence-electron chi connectivity index (χ2n) is 5.14.